The van der Waals surface area contributed by atoms with Crippen molar-refractivity contribution in [1.29, 1.82) is 0 Å². The minimum absolute atomic E-state index is 0.0606. The van der Waals surface area contributed by atoms with Crippen molar-refractivity contribution in [3.8, 4) is 17.0 Å². The summed E-state index contributed by atoms with van der Waals surface area (Å²) in [6.07, 6.45) is 9.51. The molecule has 0 radical (unpaired) electrons. The lowest BCUT2D eigenvalue weighted by Gasteiger charge is -2.41. The van der Waals surface area contributed by atoms with Gasteiger partial charge in [-0.1, -0.05) is 0 Å². The number of anilines is 1. The van der Waals surface area contributed by atoms with Crippen LogP contribution in [0.2, 0.25) is 0 Å². The first-order valence-corrected chi connectivity index (χ1v) is 11.9. The summed E-state index contributed by atoms with van der Waals surface area (Å²) in [6.45, 7) is 3.67. The largest absolute Gasteiger partial charge is 0.488 e. The number of aryl methyl sites for hydroxylation is 1. The van der Waals surface area contributed by atoms with Crippen molar-refractivity contribution >= 4 is 17.2 Å². The maximum absolute atomic E-state index is 12.1. The van der Waals surface area contributed by atoms with Gasteiger partial charge in [-0.15, -0.1) is 0 Å². The Bertz CT molecular complexity index is 1160. The first kappa shape index (κ1) is 20.7. The molecule has 1 amide bonds. The SMILES string of the molecule is Cn1ncc(OC[C@H]2CCN2CC2CCCO2)c1-c1ccn2nc(NC(=O)C3CC3)cc2c1. The molecule has 3 aromatic heterocycles. The van der Waals surface area contributed by atoms with Gasteiger partial charge in [-0.2, -0.15) is 10.2 Å². The van der Waals surface area contributed by atoms with E-state index in [2.05, 4.69) is 26.5 Å². The molecule has 2 aliphatic heterocycles. The summed E-state index contributed by atoms with van der Waals surface area (Å²) in [6, 6.07) is 6.38. The maximum atomic E-state index is 12.1. The van der Waals surface area contributed by atoms with Crippen LogP contribution >= 0.6 is 0 Å². The Hall–Kier alpha value is -2.91. The van der Waals surface area contributed by atoms with Gasteiger partial charge in [0, 0.05) is 56.5 Å². The number of aromatic nitrogens is 4. The Labute approximate surface area is 192 Å². The highest BCUT2D eigenvalue weighted by molar-refractivity contribution is 5.93. The standard InChI is InChI=1S/C24H30N6O3/c1-28-23(17-6-9-30-19(11-17)12-22(27-30)26-24(31)16-4-5-16)21(13-25-28)33-15-18-7-8-29(18)14-20-3-2-10-32-20/h6,9,11-13,16,18,20H,2-5,7-8,10,14-15H2,1H3,(H,26,27,31)/t18-,20?/m1/s1. The Kier molecular flexibility index (Phi) is 5.30. The summed E-state index contributed by atoms with van der Waals surface area (Å²) in [5.74, 6) is 1.58. The number of carbonyl (C=O) groups excluding carboxylic acids is 1. The number of rotatable bonds is 8. The quantitative estimate of drug-likeness (QED) is 0.568. The molecule has 1 N–H and O–H groups in total. The molecule has 0 aromatic carbocycles. The number of nitrogens with one attached hydrogen (secondary N) is 1. The Morgan fingerprint density at radius 2 is 2.18 bits per heavy atom. The van der Waals surface area contributed by atoms with E-state index in [1.165, 1.54) is 12.8 Å². The highest BCUT2D eigenvalue weighted by Gasteiger charge is 2.32. The van der Waals surface area contributed by atoms with E-state index in [1.54, 1.807) is 10.7 Å². The number of ether oxygens (including phenoxy) is 2. The van der Waals surface area contributed by atoms with Gasteiger partial charge >= 0.3 is 0 Å². The Balaban J connectivity index is 1.15. The molecule has 2 saturated heterocycles. The molecule has 1 aliphatic carbocycles. The number of hydrogen-bond donors (Lipinski definition) is 1. The van der Waals surface area contributed by atoms with Crippen LogP contribution in [0.25, 0.3) is 16.8 Å². The summed E-state index contributed by atoms with van der Waals surface area (Å²) in [5.41, 5.74) is 2.85. The first-order chi connectivity index (χ1) is 16.1. The molecular weight excluding hydrogens is 420 g/mol. The van der Waals surface area contributed by atoms with Crippen LogP contribution in [-0.4, -0.2) is 68.7 Å². The second kappa shape index (κ2) is 8.46. The monoisotopic (exact) mass is 450 g/mol. The van der Waals surface area contributed by atoms with Crippen LogP contribution in [0.4, 0.5) is 5.82 Å². The lowest BCUT2D eigenvalue weighted by Crippen LogP contribution is -2.53. The van der Waals surface area contributed by atoms with Crippen LogP contribution in [0.3, 0.4) is 0 Å². The minimum atomic E-state index is 0.0606. The zero-order valence-corrected chi connectivity index (χ0v) is 18.9. The van der Waals surface area contributed by atoms with E-state index in [1.807, 2.05) is 30.1 Å². The molecule has 0 bridgehead atoms. The molecule has 1 saturated carbocycles. The van der Waals surface area contributed by atoms with Gasteiger partial charge in [-0.25, -0.2) is 4.52 Å². The fourth-order valence-electron chi connectivity index (χ4n) is 4.79. The van der Waals surface area contributed by atoms with Crippen molar-refractivity contribution in [2.24, 2.45) is 13.0 Å². The third-order valence-electron chi connectivity index (χ3n) is 7.00. The van der Waals surface area contributed by atoms with Gasteiger partial charge in [-0.3, -0.25) is 14.4 Å². The van der Waals surface area contributed by atoms with E-state index in [4.69, 9.17) is 9.47 Å². The second-order valence-corrected chi connectivity index (χ2v) is 9.44. The summed E-state index contributed by atoms with van der Waals surface area (Å²) >= 11 is 0. The van der Waals surface area contributed by atoms with E-state index >= 15 is 0 Å². The lowest BCUT2D eigenvalue weighted by atomic mass is 10.0. The third-order valence-corrected chi connectivity index (χ3v) is 7.00. The molecule has 33 heavy (non-hydrogen) atoms. The Morgan fingerprint density at radius 1 is 1.27 bits per heavy atom. The highest BCUT2D eigenvalue weighted by Crippen LogP contribution is 2.33. The van der Waals surface area contributed by atoms with E-state index < -0.39 is 0 Å². The topological polar surface area (TPSA) is 85.9 Å². The van der Waals surface area contributed by atoms with Crippen LogP contribution in [0.5, 0.6) is 5.75 Å². The zero-order chi connectivity index (χ0) is 22.4. The molecule has 174 valence electrons. The minimum Gasteiger partial charge on any atom is -0.488 e. The summed E-state index contributed by atoms with van der Waals surface area (Å²) in [5, 5.41) is 11.8. The van der Waals surface area contributed by atoms with Gasteiger partial charge in [0.15, 0.2) is 11.6 Å². The van der Waals surface area contributed by atoms with Gasteiger partial charge in [0.25, 0.3) is 0 Å². The van der Waals surface area contributed by atoms with Crippen molar-refractivity contribution in [2.45, 2.75) is 44.2 Å². The molecule has 1 unspecified atom stereocenters. The average Bonchev–Trinajstić information content (AvgIpc) is 3.19. The number of likely N-dealkylation sites (tertiary alicyclic amines) is 1. The smallest absolute Gasteiger partial charge is 0.228 e. The third kappa shape index (κ3) is 4.22. The molecule has 0 spiro atoms. The predicted octanol–water partition coefficient (Wildman–Crippen LogP) is 2.72. The first-order valence-electron chi connectivity index (χ1n) is 11.9. The molecular formula is C24H30N6O3. The van der Waals surface area contributed by atoms with Crippen molar-refractivity contribution < 1.29 is 14.3 Å². The number of pyridine rings is 1. The molecule has 5 heterocycles. The number of amides is 1. The summed E-state index contributed by atoms with van der Waals surface area (Å²) in [7, 11) is 1.93. The van der Waals surface area contributed by atoms with Gasteiger partial charge in [0.2, 0.25) is 5.91 Å². The molecule has 3 fully saturated rings. The van der Waals surface area contributed by atoms with Crippen LogP contribution in [0.1, 0.15) is 32.1 Å². The molecule has 3 aliphatic rings. The van der Waals surface area contributed by atoms with E-state index in [0.717, 1.165) is 61.5 Å². The normalized spacial score (nSPS) is 23.1. The predicted molar refractivity (Wildman–Crippen MR) is 123 cm³/mol. The van der Waals surface area contributed by atoms with E-state index in [0.29, 0.717) is 24.6 Å². The average molecular weight is 451 g/mol. The molecule has 6 rings (SSSR count). The van der Waals surface area contributed by atoms with Crippen LogP contribution in [0, 0.1) is 5.92 Å². The van der Waals surface area contributed by atoms with Gasteiger partial charge in [0.05, 0.1) is 17.8 Å². The van der Waals surface area contributed by atoms with E-state index in [9.17, 15) is 4.79 Å². The number of hydrogen-bond acceptors (Lipinski definition) is 6. The van der Waals surface area contributed by atoms with Crippen LogP contribution < -0.4 is 10.1 Å². The van der Waals surface area contributed by atoms with Crippen molar-refractivity contribution in [3.63, 3.8) is 0 Å². The Morgan fingerprint density at radius 3 is 2.94 bits per heavy atom. The van der Waals surface area contributed by atoms with Gasteiger partial charge < -0.3 is 14.8 Å². The maximum Gasteiger partial charge on any atom is 0.228 e. The molecule has 2 atom stereocenters. The van der Waals surface area contributed by atoms with Gasteiger partial charge in [-0.05, 0) is 44.2 Å². The van der Waals surface area contributed by atoms with Gasteiger partial charge in [0.1, 0.15) is 12.3 Å². The van der Waals surface area contributed by atoms with Crippen LogP contribution in [0.15, 0.2) is 30.6 Å². The highest BCUT2D eigenvalue weighted by atomic mass is 16.5. The second-order valence-electron chi connectivity index (χ2n) is 9.44. The zero-order valence-electron chi connectivity index (χ0n) is 18.9. The molecule has 9 heteroatoms. The molecule has 9 nitrogen and oxygen atoms in total. The van der Waals surface area contributed by atoms with E-state index in [-0.39, 0.29) is 11.8 Å². The lowest BCUT2D eigenvalue weighted by molar-refractivity contribution is -0.117. The van der Waals surface area contributed by atoms with Crippen molar-refractivity contribution in [3.05, 3.63) is 30.6 Å². The summed E-state index contributed by atoms with van der Waals surface area (Å²) < 4.78 is 15.7. The fourth-order valence-corrected chi connectivity index (χ4v) is 4.79. The number of nitrogens with zero attached hydrogens (tertiary/aromatic N) is 5. The fraction of sp³-hybridized carbons (Fsp3) is 0.542. The number of carbonyl (C=O) groups is 1. The summed E-state index contributed by atoms with van der Waals surface area (Å²) in [4.78, 5) is 14.5. The number of fused-ring (bicyclic) bond motifs is 1. The molecule has 3 aromatic rings. The van der Waals surface area contributed by atoms with Crippen molar-refractivity contribution in [2.75, 3.05) is 31.6 Å². The van der Waals surface area contributed by atoms with Crippen molar-refractivity contribution in [1.82, 2.24) is 24.3 Å². The van der Waals surface area contributed by atoms with Crippen LogP contribution in [-0.2, 0) is 16.6 Å².